The van der Waals surface area contributed by atoms with Crippen molar-refractivity contribution in [2.24, 2.45) is 5.92 Å². The summed E-state index contributed by atoms with van der Waals surface area (Å²) in [4.78, 5) is 16.2. The summed E-state index contributed by atoms with van der Waals surface area (Å²) in [6.07, 6.45) is 5.38. The van der Waals surface area contributed by atoms with Crippen LogP contribution < -0.4 is 10.2 Å². The van der Waals surface area contributed by atoms with E-state index in [4.69, 9.17) is 9.94 Å². The number of hydrogen-bond acceptors (Lipinski definition) is 6. The Morgan fingerprint density at radius 3 is 2.43 bits per heavy atom. The number of hydrogen-bond donors (Lipinski definition) is 2. The van der Waals surface area contributed by atoms with E-state index in [1.165, 1.54) is 16.4 Å². The molecule has 9 heteroatoms. The van der Waals surface area contributed by atoms with Gasteiger partial charge in [0.2, 0.25) is 10.0 Å². The van der Waals surface area contributed by atoms with E-state index < -0.39 is 22.0 Å². The summed E-state index contributed by atoms with van der Waals surface area (Å²) in [6, 6.07) is 8.48. The molecular formula is C19H23N3O5S. The number of carbonyl (C=O) groups excluding carboxylic acids is 1. The van der Waals surface area contributed by atoms with Crippen molar-refractivity contribution >= 4 is 15.9 Å². The topological polar surface area (TPSA) is 109 Å². The van der Waals surface area contributed by atoms with Crippen molar-refractivity contribution in [1.29, 1.82) is 0 Å². The average molecular weight is 405 g/mol. The number of amides is 1. The maximum Gasteiger partial charge on any atom is 0.262 e. The van der Waals surface area contributed by atoms with Gasteiger partial charge in [-0.3, -0.25) is 15.0 Å². The van der Waals surface area contributed by atoms with Gasteiger partial charge in [0.05, 0.1) is 4.90 Å². The zero-order chi connectivity index (χ0) is 20.1. The molecule has 1 aromatic heterocycles. The molecule has 2 aromatic rings. The molecule has 0 radical (unpaired) electrons. The minimum absolute atomic E-state index is 0.0689. The summed E-state index contributed by atoms with van der Waals surface area (Å²) in [5.74, 6) is 0.153. The Balaban J connectivity index is 1.86. The van der Waals surface area contributed by atoms with Crippen LogP contribution >= 0.6 is 0 Å². The molecule has 2 heterocycles. The number of pyridine rings is 1. The van der Waals surface area contributed by atoms with Crippen molar-refractivity contribution in [3.8, 4) is 11.5 Å². The van der Waals surface area contributed by atoms with E-state index in [9.17, 15) is 13.2 Å². The Morgan fingerprint density at radius 1 is 1.14 bits per heavy atom. The highest BCUT2D eigenvalue weighted by Crippen LogP contribution is 2.30. The fourth-order valence-electron chi connectivity index (χ4n) is 3.40. The van der Waals surface area contributed by atoms with Gasteiger partial charge in [0.15, 0.2) is 0 Å². The van der Waals surface area contributed by atoms with Crippen LogP contribution in [-0.2, 0) is 14.8 Å². The predicted octanol–water partition coefficient (Wildman–Crippen LogP) is 2.56. The van der Waals surface area contributed by atoms with Gasteiger partial charge < -0.3 is 4.74 Å². The van der Waals surface area contributed by atoms with Crippen LogP contribution in [0.4, 0.5) is 0 Å². The first-order chi connectivity index (χ1) is 13.4. The Kier molecular flexibility index (Phi) is 6.28. The molecule has 8 nitrogen and oxygen atoms in total. The van der Waals surface area contributed by atoms with E-state index >= 15 is 0 Å². The Morgan fingerprint density at radius 2 is 1.79 bits per heavy atom. The van der Waals surface area contributed by atoms with E-state index in [0.717, 1.165) is 6.42 Å². The molecule has 0 bridgehead atoms. The highest BCUT2D eigenvalue weighted by Gasteiger charge is 2.40. The number of aromatic nitrogens is 1. The van der Waals surface area contributed by atoms with Crippen molar-refractivity contribution in [1.82, 2.24) is 14.8 Å². The largest absolute Gasteiger partial charge is 0.457 e. The molecule has 1 unspecified atom stereocenters. The molecule has 1 fully saturated rings. The van der Waals surface area contributed by atoms with Gasteiger partial charge in [-0.05, 0) is 55.2 Å². The van der Waals surface area contributed by atoms with Crippen LogP contribution in [0.1, 0.15) is 26.2 Å². The predicted molar refractivity (Wildman–Crippen MR) is 101 cm³/mol. The lowest BCUT2D eigenvalue weighted by Crippen LogP contribution is -2.51. The molecule has 0 aliphatic carbocycles. The summed E-state index contributed by atoms with van der Waals surface area (Å²) in [6.45, 7) is 2.04. The molecule has 150 valence electrons. The fourth-order valence-corrected chi connectivity index (χ4v) is 5.12. The quantitative estimate of drug-likeness (QED) is 0.585. The summed E-state index contributed by atoms with van der Waals surface area (Å²) >= 11 is 0. The van der Waals surface area contributed by atoms with Crippen LogP contribution in [0.5, 0.6) is 11.5 Å². The number of carbonyl (C=O) groups is 1. The second-order valence-electron chi connectivity index (χ2n) is 6.77. The second-order valence-corrected chi connectivity index (χ2v) is 8.66. The third-order valence-electron chi connectivity index (χ3n) is 4.83. The standard InChI is InChI=1S/C19H23N3O5S/c1-14-4-2-3-13-22(18(14)19(23)21-24)28(25,26)17-7-5-15(6-8-17)27-16-9-11-20-12-10-16/h5-12,14,18,24H,2-4,13H2,1H3,(H,21,23)/t14?,18-/m0/s1. The molecule has 2 atom stereocenters. The van der Waals surface area contributed by atoms with Crippen LogP contribution in [0.3, 0.4) is 0 Å². The summed E-state index contributed by atoms with van der Waals surface area (Å²) in [5, 5.41) is 9.09. The molecule has 1 aliphatic heterocycles. The van der Waals surface area contributed by atoms with Gasteiger partial charge in [-0.25, -0.2) is 13.9 Å². The van der Waals surface area contributed by atoms with Crippen molar-refractivity contribution in [3.63, 3.8) is 0 Å². The molecule has 1 aliphatic rings. The van der Waals surface area contributed by atoms with Crippen molar-refractivity contribution in [3.05, 3.63) is 48.8 Å². The number of benzene rings is 1. The lowest BCUT2D eigenvalue weighted by atomic mass is 9.97. The van der Waals surface area contributed by atoms with Crippen molar-refractivity contribution in [2.45, 2.75) is 37.1 Å². The van der Waals surface area contributed by atoms with Gasteiger partial charge in [-0.15, -0.1) is 0 Å². The van der Waals surface area contributed by atoms with E-state index in [2.05, 4.69) is 4.98 Å². The fraction of sp³-hybridized carbons (Fsp3) is 0.368. The smallest absolute Gasteiger partial charge is 0.262 e. The van der Waals surface area contributed by atoms with Crippen LogP contribution in [-0.4, -0.2) is 41.4 Å². The summed E-state index contributed by atoms with van der Waals surface area (Å²) < 4.78 is 33.3. The number of nitrogens with zero attached hydrogens (tertiary/aromatic N) is 2. The van der Waals surface area contributed by atoms with Crippen LogP contribution in [0.2, 0.25) is 0 Å². The number of ether oxygens (including phenoxy) is 1. The summed E-state index contributed by atoms with van der Waals surface area (Å²) in [5.41, 5.74) is 1.61. The van der Waals surface area contributed by atoms with Crippen molar-refractivity contribution in [2.75, 3.05) is 6.54 Å². The molecule has 3 rings (SSSR count). The van der Waals surface area contributed by atoms with E-state index in [1.54, 1.807) is 42.1 Å². The van der Waals surface area contributed by atoms with E-state index in [0.29, 0.717) is 24.3 Å². The lowest BCUT2D eigenvalue weighted by Gasteiger charge is -2.30. The average Bonchev–Trinajstić information content (AvgIpc) is 2.90. The summed E-state index contributed by atoms with van der Waals surface area (Å²) in [7, 11) is -3.92. The highest BCUT2D eigenvalue weighted by atomic mass is 32.2. The third kappa shape index (κ3) is 4.32. The number of nitrogens with one attached hydrogen (secondary N) is 1. The van der Waals surface area contributed by atoms with Crippen LogP contribution in [0.15, 0.2) is 53.7 Å². The highest BCUT2D eigenvalue weighted by molar-refractivity contribution is 7.89. The third-order valence-corrected chi connectivity index (χ3v) is 6.73. The minimum atomic E-state index is -3.92. The SMILES string of the molecule is CC1CCCCN(S(=O)(=O)c2ccc(Oc3ccncc3)cc2)[C@@H]1C(=O)NO. The van der Waals surface area contributed by atoms with Gasteiger partial charge in [0.25, 0.3) is 5.91 Å². The van der Waals surface area contributed by atoms with Gasteiger partial charge in [0.1, 0.15) is 17.5 Å². The number of rotatable bonds is 5. The first-order valence-electron chi connectivity index (χ1n) is 9.07. The molecule has 0 spiro atoms. The van der Waals surface area contributed by atoms with E-state index in [-0.39, 0.29) is 17.4 Å². The normalized spacial score (nSPS) is 20.9. The first-order valence-corrected chi connectivity index (χ1v) is 10.5. The van der Waals surface area contributed by atoms with Crippen molar-refractivity contribution < 1.29 is 23.2 Å². The molecule has 0 saturated carbocycles. The monoisotopic (exact) mass is 405 g/mol. The Hall–Kier alpha value is -2.49. The number of sulfonamides is 1. The van der Waals surface area contributed by atoms with Gasteiger partial charge in [0, 0.05) is 18.9 Å². The van der Waals surface area contributed by atoms with Gasteiger partial charge >= 0.3 is 0 Å². The molecular weight excluding hydrogens is 382 g/mol. The number of hydroxylamine groups is 1. The van der Waals surface area contributed by atoms with Gasteiger partial charge in [-0.1, -0.05) is 13.3 Å². The van der Waals surface area contributed by atoms with Gasteiger partial charge in [-0.2, -0.15) is 4.31 Å². The molecule has 1 amide bonds. The zero-order valence-electron chi connectivity index (χ0n) is 15.5. The Bertz CT molecular complexity index is 903. The molecule has 1 aromatic carbocycles. The first kappa shape index (κ1) is 20.2. The molecule has 28 heavy (non-hydrogen) atoms. The molecule has 2 N–H and O–H groups in total. The van der Waals surface area contributed by atoms with E-state index in [1.807, 2.05) is 6.92 Å². The minimum Gasteiger partial charge on any atom is -0.457 e. The lowest BCUT2D eigenvalue weighted by molar-refractivity contribution is -0.134. The molecule has 1 saturated heterocycles. The van der Waals surface area contributed by atoms with Crippen LogP contribution in [0, 0.1) is 5.92 Å². The second kappa shape index (κ2) is 8.68. The maximum absolute atomic E-state index is 13.2. The Labute approximate surface area is 164 Å². The zero-order valence-corrected chi connectivity index (χ0v) is 16.3. The van der Waals surface area contributed by atoms with Crippen LogP contribution in [0.25, 0.3) is 0 Å². The maximum atomic E-state index is 13.2.